The highest BCUT2D eigenvalue weighted by molar-refractivity contribution is 6.13. The number of amides is 4. The molecule has 4 amide bonds. The number of hydrogen-bond donors (Lipinski definition) is 4. The molecule has 4 N–H and O–H groups in total. The molecule has 8 aromatic heterocycles. The van der Waals surface area contributed by atoms with Gasteiger partial charge in [0.05, 0.1) is 12.0 Å². The number of carbonyl (C=O) groups excluding carboxylic acids is 8. The molecule has 0 saturated heterocycles. The second-order valence-corrected chi connectivity index (χ2v) is 28.5. The Morgan fingerprint density at radius 2 is 0.612 bits per heavy atom. The Labute approximate surface area is 737 Å². The van der Waals surface area contributed by atoms with E-state index in [2.05, 4.69) is 101 Å². The summed E-state index contributed by atoms with van der Waals surface area (Å²) >= 11 is 0. The van der Waals surface area contributed by atoms with E-state index in [-0.39, 0.29) is 64.4 Å². The number of methoxy groups -OCH3 is 1. The van der Waals surface area contributed by atoms with Crippen LogP contribution in [0.1, 0.15) is 145 Å². The number of nitrogens with one attached hydrogen (secondary N) is 4. The Kier molecular flexibility index (Phi) is 28.8. The summed E-state index contributed by atoms with van der Waals surface area (Å²) in [5, 5.41) is 21.4. The van der Waals surface area contributed by atoms with Gasteiger partial charge >= 0.3 is 0 Å². The number of ether oxygens (including phenoxy) is 1. The summed E-state index contributed by atoms with van der Waals surface area (Å²) in [6.07, 6.45) is 6.86. The van der Waals surface area contributed by atoms with Crippen LogP contribution in [-0.4, -0.2) is 139 Å². The summed E-state index contributed by atoms with van der Waals surface area (Å²) in [5.41, 5.74) is 11.0. The Hall–Kier alpha value is -17.8. The van der Waals surface area contributed by atoms with Gasteiger partial charge in [-0.1, -0.05) is 133 Å². The van der Waals surface area contributed by atoms with Gasteiger partial charge in [0.15, 0.2) is 46.4 Å². The number of aromatic nitrogens is 16. The number of benzene rings is 8. The number of nitro benzene ring substituents is 1. The maximum absolute atomic E-state index is 13.0. The van der Waals surface area contributed by atoms with Crippen molar-refractivity contribution in [2.75, 3.05) is 28.4 Å². The summed E-state index contributed by atoms with van der Waals surface area (Å²) < 4.78 is 5.17. The van der Waals surface area contributed by atoms with E-state index in [1.807, 2.05) is 81.4 Å². The quantitative estimate of drug-likeness (QED) is 0.0262. The number of hydrogen-bond acceptors (Lipinski definition) is 27. The lowest BCUT2D eigenvalue weighted by molar-refractivity contribution is -0.384. The summed E-state index contributed by atoms with van der Waals surface area (Å²) in [6, 6.07) is 72.8. The first-order valence-electron chi connectivity index (χ1n) is 39.7. The van der Waals surface area contributed by atoms with Crippen molar-refractivity contribution in [1.29, 1.82) is 0 Å². The molecule has 32 nitrogen and oxygen atoms in total. The van der Waals surface area contributed by atoms with Gasteiger partial charge in [0.2, 0.25) is 23.8 Å². The predicted molar refractivity (Wildman–Crippen MR) is 480 cm³/mol. The van der Waals surface area contributed by atoms with Crippen LogP contribution >= 0.6 is 0 Å². The van der Waals surface area contributed by atoms with Crippen LogP contribution in [0.3, 0.4) is 0 Å². The minimum absolute atomic E-state index is 0.00810. The topological polar surface area (TPSA) is 443 Å². The number of aryl methyl sites for hydroxylation is 7. The second kappa shape index (κ2) is 41.8. The summed E-state index contributed by atoms with van der Waals surface area (Å²) in [4.78, 5) is 180. The third kappa shape index (κ3) is 23.9. The van der Waals surface area contributed by atoms with E-state index < -0.39 is 16.7 Å². The molecule has 8 aromatic carbocycles. The zero-order valence-electron chi connectivity index (χ0n) is 70.4. The Morgan fingerprint density at radius 3 is 0.930 bits per heavy atom. The molecule has 0 aliphatic rings. The largest absolute Gasteiger partial charge is 0.497 e. The number of nitro groups is 1. The van der Waals surface area contributed by atoms with E-state index in [0.29, 0.717) is 143 Å². The van der Waals surface area contributed by atoms with Crippen LogP contribution in [0.5, 0.6) is 5.75 Å². The fourth-order valence-electron chi connectivity index (χ4n) is 12.8. The van der Waals surface area contributed by atoms with Crippen molar-refractivity contribution in [2.45, 2.75) is 54.9 Å². The highest BCUT2D eigenvalue weighted by atomic mass is 16.6. The predicted octanol–water partition coefficient (Wildman–Crippen LogP) is 15.9. The van der Waals surface area contributed by atoms with Gasteiger partial charge in [0, 0.05) is 105 Å². The Balaban J connectivity index is 0.000000147. The summed E-state index contributed by atoms with van der Waals surface area (Å²) in [5.74, 6) is 2.19. The molecule has 16 rings (SSSR count). The number of carbonyl (C=O) groups is 8. The second-order valence-electron chi connectivity index (χ2n) is 28.5. The van der Waals surface area contributed by atoms with Crippen LogP contribution < -0.4 is 26.0 Å². The number of ketones is 4. The molecule has 0 saturated carbocycles. The van der Waals surface area contributed by atoms with Crippen LogP contribution in [0.2, 0.25) is 0 Å². The van der Waals surface area contributed by atoms with Gasteiger partial charge in [0.25, 0.3) is 29.3 Å². The van der Waals surface area contributed by atoms with Crippen molar-refractivity contribution in [3.63, 3.8) is 0 Å². The first kappa shape index (κ1) is 88.9. The van der Waals surface area contributed by atoms with Gasteiger partial charge in [-0.2, -0.15) is 39.9 Å². The van der Waals surface area contributed by atoms with Crippen molar-refractivity contribution in [3.05, 3.63) is 403 Å². The molecule has 0 aliphatic carbocycles. The third-order valence-corrected chi connectivity index (χ3v) is 18.9. The third-order valence-electron chi connectivity index (χ3n) is 18.9. The minimum Gasteiger partial charge on any atom is -0.497 e. The molecule has 16 aromatic rings. The van der Waals surface area contributed by atoms with Crippen molar-refractivity contribution < 1.29 is 48.0 Å². The first-order chi connectivity index (χ1) is 62.3. The molecule has 129 heavy (non-hydrogen) atoms. The lowest BCUT2D eigenvalue weighted by atomic mass is 9.93. The van der Waals surface area contributed by atoms with Crippen LogP contribution in [-0.2, 0) is 6.42 Å². The van der Waals surface area contributed by atoms with Crippen LogP contribution in [0.4, 0.5) is 29.5 Å². The molecule has 0 aliphatic heterocycles. The smallest absolute Gasteiger partial charge is 0.269 e. The van der Waals surface area contributed by atoms with E-state index in [1.54, 1.807) is 211 Å². The number of anilines is 4. The van der Waals surface area contributed by atoms with Crippen molar-refractivity contribution in [1.82, 2.24) is 79.7 Å². The normalized spacial score (nSPS) is 10.5. The molecule has 636 valence electrons. The number of pyridine rings is 4. The Morgan fingerprint density at radius 1 is 0.310 bits per heavy atom. The van der Waals surface area contributed by atoms with Gasteiger partial charge in [-0.3, -0.25) is 89.7 Å². The molecular weight excluding hydrogens is 1640 g/mol. The fourth-order valence-corrected chi connectivity index (χ4v) is 12.8. The number of nitrogens with zero attached hydrogens (tertiary/aromatic N) is 17. The van der Waals surface area contributed by atoms with Crippen molar-refractivity contribution in [3.8, 4) is 51.8 Å². The number of Topliss-reactive ketones (excluding diaryl/α,β-unsaturated/α-hetero) is 1. The van der Waals surface area contributed by atoms with Crippen LogP contribution in [0, 0.1) is 58.6 Å². The minimum atomic E-state index is -0.533. The van der Waals surface area contributed by atoms with E-state index in [0.717, 1.165) is 22.3 Å². The molecule has 0 atom stereocenters. The highest BCUT2D eigenvalue weighted by Crippen LogP contribution is 2.26. The number of rotatable bonds is 23. The molecular formula is C97H77N21O11. The zero-order chi connectivity index (χ0) is 91.0. The first-order valence-corrected chi connectivity index (χ1v) is 39.7. The standard InChI is InChI=1S/C26H23N5O2.C24H19N5O3.C24H19N5O2.C23H16N6O4/c1-15-13-16(2)22(17(3)14-15)23(32)19-8-10-20(11-9-19)25(33)31-26-29-18(4)28-24(30-26)21-7-5-6-12-27-21;1-15-26-22(20-8-3-4-13-25-20)28-24(27-15)29-23(31)17-11-9-16(10-12-17)21(30)18-6-5-7-19(14-18)32-2;1-16-26-22(20-9-5-6-14-25-20)28-24(27-16)29-23(31)19-12-10-18(11-13-19)21(30)15-17-7-3-2-4-8-17;1-14-25-21(19-4-2-3-13-24-19)27-23(26-14)28-22(31)17-7-5-15(6-8-17)20(30)16-9-11-18(12-10-16)29(32)33/h5-14H,1-4H3,(H,28,29,30,31,33);3-14H,1-2H3,(H,26,27,28,29,31);2-14H,15H2,1H3,(H,26,27,28,29,31);2-13H,1H3,(H,25,26,27,28,31). The van der Waals surface area contributed by atoms with Crippen molar-refractivity contribution in [2.24, 2.45) is 0 Å². The maximum Gasteiger partial charge on any atom is 0.269 e. The molecule has 0 bridgehead atoms. The number of non-ortho nitro benzene ring substituents is 1. The van der Waals surface area contributed by atoms with E-state index in [1.165, 1.54) is 48.5 Å². The summed E-state index contributed by atoms with van der Waals surface area (Å²) in [6.45, 7) is 12.7. The molecule has 0 fully saturated rings. The van der Waals surface area contributed by atoms with Gasteiger partial charge < -0.3 is 4.74 Å². The van der Waals surface area contributed by atoms with E-state index in [9.17, 15) is 48.5 Å². The molecule has 0 spiro atoms. The van der Waals surface area contributed by atoms with Gasteiger partial charge in [-0.25, -0.2) is 19.9 Å². The maximum atomic E-state index is 13.0. The van der Waals surface area contributed by atoms with Crippen molar-refractivity contribution >= 4 is 76.2 Å². The fraction of sp³-hybridized carbons (Fsp3) is 0.0928. The SMILES string of the molecule is COc1cccc(C(=O)c2ccc(C(=O)Nc3nc(C)nc(-c4ccccn4)n3)cc2)c1.Cc1cc(C)c(C(=O)c2ccc(C(=O)Nc3nc(C)nc(-c4ccccn4)n3)cc2)c(C)c1.Cc1nc(NC(=O)c2ccc(C(=O)Cc3ccccc3)cc2)nc(-c2ccccn2)n1.Cc1nc(NC(=O)c2ccc(C(=O)c3ccc([N+](=O)[O-])cc3)cc2)nc(-c2ccccn2)n1. The summed E-state index contributed by atoms with van der Waals surface area (Å²) in [7, 11) is 1.55. The zero-order valence-corrected chi connectivity index (χ0v) is 70.4. The van der Waals surface area contributed by atoms with Gasteiger partial charge in [-0.15, -0.1) is 0 Å². The van der Waals surface area contributed by atoms with E-state index >= 15 is 0 Å². The molecule has 32 heteroatoms. The monoisotopic (exact) mass is 1710 g/mol. The van der Waals surface area contributed by atoms with Gasteiger partial charge in [0.1, 0.15) is 51.8 Å². The van der Waals surface area contributed by atoms with Crippen LogP contribution in [0.25, 0.3) is 46.1 Å². The van der Waals surface area contributed by atoms with E-state index in [4.69, 9.17) is 4.74 Å². The Bertz CT molecular complexity index is 6790. The molecule has 0 unspecified atom stereocenters. The molecule has 0 radical (unpaired) electrons. The average Bonchev–Trinajstić information content (AvgIpc) is 0.788. The van der Waals surface area contributed by atoms with Gasteiger partial charge in [-0.05, 0) is 186 Å². The lowest BCUT2D eigenvalue weighted by Crippen LogP contribution is -2.16. The highest BCUT2D eigenvalue weighted by Gasteiger charge is 2.22. The average molecular weight is 1710 g/mol. The lowest BCUT2D eigenvalue weighted by Gasteiger charge is -2.11. The molecule has 8 heterocycles. The van der Waals surface area contributed by atoms with Crippen LogP contribution in [0.15, 0.2) is 286 Å².